The summed E-state index contributed by atoms with van der Waals surface area (Å²) in [5.41, 5.74) is 10.2. The normalized spacial score (nSPS) is 15.2. The van der Waals surface area contributed by atoms with Gasteiger partial charge in [0.2, 0.25) is 0 Å². The van der Waals surface area contributed by atoms with Crippen LogP contribution in [-0.4, -0.2) is 28.1 Å². The second-order valence-electron chi connectivity index (χ2n) is 15.2. The predicted molar refractivity (Wildman–Crippen MR) is 211 cm³/mol. The van der Waals surface area contributed by atoms with Gasteiger partial charge in [-0.3, -0.25) is 4.57 Å². The molecular formula is C46H42N4O. The Hall–Kier alpha value is -5.81. The first-order valence-electron chi connectivity index (χ1n) is 19.1. The van der Waals surface area contributed by atoms with Crippen molar-refractivity contribution in [2.75, 3.05) is 18.5 Å². The van der Waals surface area contributed by atoms with Crippen molar-refractivity contribution in [3.8, 4) is 28.4 Å². The Morgan fingerprint density at radius 2 is 1.43 bits per heavy atom. The number of nitrogens with zero attached hydrogens (tertiary/aromatic N) is 4. The van der Waals surface area contributed by atoms with Crippen molar-refractivity contribution in [3.63, 3.8) is 0 Å². The third-order valence-corrected chi connectivity index (χ3v) is 10.6. The Bertz CT molecular complexity index is 2630. The van der Waals surface area contributed by atoms with E-state index in [0.29, 0.717) is 11.5 Å². The number of hydrogen-bond donors (Lipinski definition) is 0. The van der Waals surface area contributed by atoms with Crippen molar-refractivity contribution in [2.24, 2.45) is 0 Å². The molecule has 0 radical (unpaired) electrons. The fourth-order valence-electron chi connectivity index (χ4n) is 7.93. The van der Waals surface area contributed by atoms with E-state index in [1.807, 2.05) is 24.4 Å². The Kier molecular flexibility index (Phi) is 6.22. The number of aromatic nitrogens is 2. The van der Waals surface area contributed by atoms with Gasteiger partial charge in [-0.05, 0) is 64.1 Å². The molecule has 5 heteroatoms. The summed E-state index contributed by atoms with van der Waals surface area (Å²) in [5.74, 6) is 2.23. The minimum absolute atomic E-state index is 0.222. The van der Waals surface area contributed by atoms with Gasteiger partial charge in [0.1, 0.15) is 17.3 Å². The highest BCUT2D eigenvalue weighted by atomic mass is 16.5. The average molecular weight is 670 g/mol. The van der Waals surface area contributed by atoms with Crippen molar-refractivity contribution in [1.29, 1.82) is 0 Å². The van der Waals surface area contributed by atoms with Crippen LogP contribution >= 0.6 is 0 Å². The number of fused-ring (bicyclic) bond motifs is 9. The molecule has 51 heavy (non-hydrogen) atoms. The maximum absolute atomic E-state index is 8.20. The van der Waals surface area contributed by atoms with Gasteiger partial charge in [-0.15, -0.1) is 0 Å². The lowest BCUT2D eigenvalue weighted by Crippen LogP contribution is -2.28. The van der Waals surface area contributed by atoms with E-state index in [-0.39, 0.29) is 17.5 Å². The summed E-state index contributed by atoms with van der Waals surface area (Å²) < 4.78 is 33.7. The number of hydrogen-bond acceptors (Lipinski definition) is 4. The lowest BCUT2D eigenvalue weighted by atomic mass is 9.78. The smallest absolute Gasteiger partial charge is 0.137 e. The molecule has 0 unspecified atom stereocenters. The van der Waals surface area contributed by atoms with Gasteiger partial charge in [-0.25, -0.2) is 4.98 Å². The molecule has 0 atom stereocenters. The maximum Gasteiger partial charge on any atom is 0.137 e. The molecule has 0 saturated heterocycles. The molecule has 0 saturated carbocycles. The summed E-state index contributed by atoms with van der Waals surface area (Å²) in [7, 11) is 0. The SMILES string of the molecule is [2H]C([2H])([2H])N1C=C2c3ccccc3-c3c(cc(Oc4ccc5c6ccccc6n(-c6cc(C(C)(C)c7ccccc7)ccn6)c5c4)cc3C(C)(C)C)N2C1. The van der Waals surface area contributed by atoms with Crippen LogP contribution in [0.25, 0.3) is 44.4 Å². The van der Waals surface area contributed by atoms with Crippen LogP contribution in [0.5, 0.6) is 11.5 Å². The highest BCUT2D eigenvalue weighted by molar-refractivity contribution is 6.09. The van der Waals surface area contributed by atoms with E-state index < -0.39 is 6.98 Å². The van der Waals surface area contributed by atoms with Crippen LogP contribution in [0.1, 0.15) is 61.0 Å². The van der Waals surface area contributed by atoms with Gasteiger partial charge in [0, 0.05) is 62.9 Å². The Balaban J connectivity index is 1.18. The molecular weight excluding hydrogens is 625 g/mol. The molecule has 2 aliphatic heterocycles. The average Bonchev–Trinajstić information content (AvgIpc) is 3.76. The summed E-state index contributed by atoms with van der Waals surface area (Å²) in [5, 5.41) is 2.25. The Morgan fingerprint density at radius 3 is 2.24 bits per heavy atom. The molecule has 252 valence electrons. The zero-order chi connectivity index (χ0) is 37.6. The van der Waals surface area contributed by atoms with E-state index in [2.05, 4.69) is 147 Å². The molecule has 0 fully saturated rings. The molecule has 5 nitrogen and oxygen atoms in total. The van der Waals surface area contributed by atoms with Crippen LogP contribution in [-0.2, 0) is 10.8 Å². The third-order valence-electron chi connectivity index (χ3n) is 10.6. The predicted octanol–water partition coefficient (Wildman–Crippen LogP) is 11.3. The second-order valence-corrected chi connectivity index (χ2v) is 15.2. The zero-order valence-electron chi connectivity index (χ0n) is 32.6. The van der Waals surface area contributed by atoms with Crippen LogP contribution < -0.4 is 9.64 Å². The van der Waals surface area contributed by atoms with Crippen LogP contribution in [0.15, 0.2) is 134 Å². The Morgan fingerprint density at radius 1 is 0.686 bits per heavy atom. The molecule has 0 aliphatic carbocycles. The molecule has 0 spiro atoms. The van der Waals surface area contributed by atoms with E-state index in [1.54, 1.807) is 6.20 Å². The van der Waals surface area contributed by atoms with Gasteiger partial charge in [0.05, 0.1) is 29.1 Å². The van der Waals surface area contributed by atoms with Crippen LogP contribution in [0.2, 0.25) is 0 Å². The van der Waals surface area contributed by atoms with Gasteiger partial charge < -0.3 is 14.5 Å². The van der Waals surface area contributed by atoms with Crippen LogP contribution in [0, 0.1) is 0 Å². The maximum atomic E-state index is 8.20. The largest absolute Gasteiger partial charge is 0.457 e. The van der Waals surface area contributed by atoms with Crippen LogP contribution in [0.3, 0.4) is 0 Å². The number of rotatable bonds is 5. The third kappa shape index (κ3) is 5.02. The first-order chi connectivity index (χ1) is 25.8. The number of benzene rings is 5. The molecule has 5 aromatic carbocycles. The van der Waals surface area contributed by atoms with Crippen LogP contribution in [0.4, 0.5) is 5.69 Å². The molecule has 7 aromatic rings. The molecule has 0 amide bonds. The fourth-order valence-corrected chi connectivity index (χ4v) is 7.93. The molecule has 0 bridgehead atoms. The van der Waals surface area contributed by atoms with E-state index >= 15 is 0 Å². The summed E-state index contributed by atoms with van der Waals surface area (Å²) >= 11 is 0. The van der Waals surface area contributed by atoms with Crippen molar-refractivity contribution in [1.82, 2.24) is 14.5 Å². The molecule has 4 heterocycles. The summed E-state index contributed by atoms with van der Waals surface area (Å²) in [6.07, 6.45) is 3.68. The second kappa shape index (κ2) is 11.4. The van der Waals surface area contributed by atoms with Gasteiger partial charge in [0.15, 0.2) is 0 Å². The van der Waals surface area contributed by atoms with Gasteiger partial charge in [-0.1, -0.05) is 107 Å². The molecule has 2 aliphatic rings. The lowest BCUT2D eigenvalue weighted by molar-refractivity contribution is 0.477. The number of anilines is 1. The van der Waals surface area contributed by atoms with Crippen molar-refractivity contribution in [2.45, 2.75) is 45.4 Å². The first-order valence-corrected chi connectivity index (χ1v) is 17.6. The van der Waals surface area contributed by atoms with Gasteiger partial charge >= 0.3 is 0 Å². The summed E-state index contributed by atoms with van der Waals surface area (Å²) in [4.78, 5) is 8.48. The van der Waals surface area contributed by atoms with E-state index in [1.165, 1.54) is 16.0 Å². The standard InChI is InChI=1S/C46H42N4O/c1-45(2,3)38-25-33(27-41-44(38)37-18-11-10-17-35(37)42-28-48(6)29-49(41)42)51-32-20-21-36-34-16-12-13-19-39(34)50(40(36)26-32)43-24-31(22-23-47-43)46(4,5)30-14-8-7-9-15-30/h7-28H,29H2,1-6H3/i6D3. The quantitative estimate of drug-likeness (QED) is 0.183. The number of para-hydroxylation sites is 1. The lowest BCUT2D eigenvalue weighted by Gasteiger charge is -2.36. The van der Waals surface area contributed by atoms with E-state index in [9.17, 15) is 0 Å². The van der Waals surface area contributed by atoms with Crippen molar-refractivity contribution < 1.29 is 8.85 Å². The highest BCUT2D eigenvalue weighted by Crippen LogP contribution is 2.52. The topological polar surface area (TPSA) is 33.5 Å². The fraction of sp³-hybridized carbons (Fsp3) is 0.196. The first kappa shape index (κ1) is 27.9. The van der Waals surface area contributed by atoms with Gasteiger partial charge in [0.25, 0.3) is 0 Å². The molecule has 2 aromatic heterocycles. The molecule has 9 rings (SSSR count). The van der Waals surface area contributed by atoms with Gasteiger partial charge in [-0.2, -0.15) is 0 Å². The zero-order valence-corrected chi connectivity index (χ0v) is 29.6. The summed E-state index contributed by atoms with van der Waals surface area (Å²) in [6, 6.07) is 42.1. The highest BCUT2D eigenvalue weighted by Gasteiger charge is 2.35. The monoisotopic (exact) mass is 669 g/mol. The Labute approximate surface area is 304 Å². The minimum atomic E-state index is -2.26. The van der Waals surface area contributed by atoms with E-state index in [4.69, 9.17) is 13.8 Å². The minimum Gasteiger partial charge on any atom is -0.457 e. The van der Waals surface area contributed by atoms with E-state index in [0.717, 1.165) is 61.3 Å². The number of ether oxygens (including phenoxy) is 1. The molecule has 0 N–H and O–H groups in total. The van der Waals surface area contributed by atoms with Crippen molar-refractivity contribution in [3.05, 3.63) is 156 Å². The van der Waals surface area contributed by atoms with Crippen molar-refractivity contribution >= 4 is 33.2 Å². The number of pyridine rings is 1. The summed E-state index contributed by atoms with van der Waals surface area (Å²) in [6.45, 7) is 9.10.